The Morgan fingerprint density at radius 3 is 2.85 bits per heavy atom. The molecule has 2 amide bonds. The van der Waals surface area contributed by atoms with Gasteiger partial charge in [0.1, 0.15) is 0 Å². The molecule has 1 heterocycles. The number of rotatable bonds is 4. The number of amides is 2. The molecule has 0 aromatic heterocycles. The molecule has 108 valence electrons. The number of aryl methyl sites for hydroxylation is 1. The number of aliphatic hydroxyl groups is 1. The summed E-state index contributed by atoms with van der Waals surface area (Å²) in [6.45, 7) is 4.20. The van der Waals surface area contributed by atoms with Crippen LogP contribution in [0, 0.1) is 5.41 Å². The van der Waals surface area contributed by atoms with Crippen molar-refractivity contribution in [2.75, 3.05) is 18.5 Å². The smallest absolute Gasteiger partial charge is 0.251 e. The predicted molar refractivity (Wildman–Crippen MR) is 76.6 cm³/mol. The summed E-state index contributed by atoms with van der Waals surface area (Å²) in [4.78, 5) is 23.4. The number of hydrogen-bond donors (Lipinski definition) is 3. The molecule has 0 bridgehead atoms. The Hall–Kier alpha value is -1.88. The molecule has 2 rings (SSSR count). The molecule has 0 aliphatic carbocycles. The van der Waals surface area contributed by atoms with Crippen LogP contribution in [0.1, 0.15) is 36.2 Å². The van der Waals surface area contributed by atoms with Crippen molar-refractivity contribution in [3.05, 3.63) is 29.3 Å². The van der Waals surface area contributed by atoms with Crippen LogP contribution in [0.15, 0.2) is 18.2 Å². The van der Waals surface area contributed by atoms with E-state index >= 15 is 0 Å². The molecule has 0 spiro atoms. The topological polar surface area (TPSA) is 78.4 Å². The van der Waals surface area contributed by atoms with Gasteiger partial charge in [-0.1, -0.05) is 13.8 Å². The first-order valence-corrected chi connectivity index (χ1v) is 6.73. The van der Waals surface area contributed by atoms with Crippen LogP contribution in [0.2, 0.25) is 0 Å². The van der Waals surface area contributed by atoms with Crippen molar-refractivity contribution in [3.63, 3.8) is 0 Å². The van der Waals surface area contributed by atoms with Crippen molar-refractivity contribution in [1.29, 1.82) is 0 Å². The van der Waals surface area contributed by atoms with Gasteiger partial charge in [0.05, 0.1) is 0 Å². The number of benzene rings is 1. The highest BCUT2D eigenvalue weighted by molar-refractivity contribution is 5.97. The SMILES string of the molecule is CC(C)(CO)CNC(=O)c1ccc2c(c1)CCC(=O)N2. The number of hydrogen-bond acceptors (Lipinski definition) is 3. The van der Waals surface area contributed by atoms with Gasteiger partial charge in [-0.05, 0) is 30.2 Å². The lowest BCUT2D eigenvalue weighted by Gasteiger charge is -2.22. The maximum absolute atomic E-state index is 12.1. The van der Waals surface area contributed by atoms with Gasteiger partial charge >= 0.3 is 0 Å². The summed E-state index contributed by atoms with van der Waals surface area (Å²) in [5, 5.41) is 14.8. The first-order chi connectivity index (χ1) is 9.41. The molecule has 0 saturated heterocycles. The molecule has 1 aliphatic rings. The van der Waals surface area contributed by atoms with Crippen LogP contribution in [0.3, 0.4) is 0 Å². The first kappa shape index (κ1) is 14.5. The highest BCUT2D eigenvalue weighted by atomic mass is 16.3. The largest absolute Gasteiger partial charge is 0.396 e. The standard InChI is InChI=1S/C15H20N2O3/c1-15(2,9-18)8-16-14(20)11-3-5-12-10(7-11)4-6-13(19)17-12/h3,5,7,18H,4,6,8-9H2,1-2H3,(H,16,20)(H,17,19). The fraction of sp³-hybridized carbons (Fsp3) is 0.467. The van der Waals surface area contributed by atoms with Crippen molar-refractivity contribution in [3.8, 4) is 0 Å². The summed E-state index contributed by atoms with van der Waals surface area (Å²) in [6.07, 6.45) is 1.11. The molecule has 3 N–H and O–H groups in total. The molecule has 0 unspecified atom stereocenters. The van der Waals surface area contributed by atoms with E-state index in [9.17, 15) is 9.59 Å². The van der Waals surface area contributed by atoms with Crippen molar-refractivity contribution in [1.82, 2.24) is 5.32 Å². The van der Waals surface area contributed by atoms with E-state index in [2.05, 4.69) is 10.6 Å². The van der Waals surface area contributed by atoms with E-state index in [1.807, 2.05) is 19.9 Å². The number of fused-ring (bicyclic) bond motifs is 1. The van der Waals surface area contributed by atoms with Gasteiger partial charge < -0.3 is 15.7 Å². The zero-order chi connectivity index (χ0) is 14.8. The number of nitrogens with one attached hydrogen (secondary N) is 2. The van der Waals surface area contributed by atoms with Crippen LogP contribution in [0.4, 0.5) is 5.69 Å². The van der Waals surface area contributed by atoms with Crippen LogP contribution >= 0.6 is 0 Å². The normalized spacial score (nSPS) is 14.4. The van der Waals surface area contributed by atoms with Gasteiger partial charge in [0.15, 0.2) is 0 Å². The van der Waals surface area contributed by atoms with E-state index in [-0.39, 0.29) is 23.8 Å². The Bertz CT molecular complexity index is 538. The molecular weight excluding hydrogens is 256 g/mol. The van der Waals surface area contributed by atoms with Crippen molar-refractivity contribution in [2.45, 2.75) is 26.7 Å². The molecule has 5 heteroatoms. The minimum Gasteiger partial charge on any atom is -0.396 e. The maximum atomic E-state index is 12.1. The Kier molecular flexibility index (Phi) is 4.09. The third-order valence-electron chi connectivity index (χ3n) is 3.42. The molecule has 5 nitrogen and oxygen atoms in total. The summed E-state index contributed by atoms with van der Waals surface area (Å²) in [7, 11) is 0. The van der Waals surface area contributed by atoms with E-state index in [0.717, 1.165) is 11.3 Å². The summed E-state index contributed by atoms with van der Waals surface area (Å²) in [5.74, 6) is -0.148. The molecular formula is C15H20N2O3. The van der Waals surface area contributed by atoms with Crippen LogP contribution in [-0.4, -0.2) is 30.1 Å². The summed E-state index contributed by atoms with van der Waals surface area (Å²) < 4.78 is 0. The summed E-state index contributed by atoms with van der Waals surface area (Å²) in [5.41, 5.74) is 2.01. The highest BCUT2D eigenvalue weighted by Crippen LogP contribution is 2.23. The Morgan fingerprint density at radius 2 is 2.15 bits per heavy atom. The average Bonchev–Trinajstić information content (AvgIpc) is 2.44. The molecule has 0 saturated carbocycles. The predicted octanol–water partition coefficient (Wildman–Crippen LogP) is 1.32. The van der Waals surface area contributed by atoms with E-state index in [1.165, 1.54) is 0 Å². The molecule has 0 radical (unpaired) electrons. The second kappa shape index (κ2) is 5.63. The van der Waals surface area contributed by atoms with Gasteiger partial charge in [-0.15, -0.1) is 0 Å². The third-order valence-corrected chi connectivity index (χ3v) is 3.42. The number of carbonyl (C=O) groups is 2. The maximum Gasteiger partial charge on any atom is 0.251 e. The fourth-order valence-electron chi connectivity index (χ4n) is 2.00. The zero-order valence-corrected chi connectivity index (χ0v) is 11.8. The number of aliphatic hydroxyl groups excluding tert-OH is 1. The van der Waals surface area contributed by atoms with Gasteiger partial charge in [-0.2, -0.15) is 0 Å². The minimum absolute atomic E-state index is 0.0133. The number of carbonyl (C=O) groups excluding carboxylic acids is 2. The van der Waals surface area contributed by atoms with Crippen molar-refractivity contribution < 1.29 is 14.7 Å². The second-order valence-corrected chi connectivity index (χ2v) is 5.93. The molecule has 0 fully saturated rings. The average molecular weight is 276 g/mol. The van der Waals surface area contributed by atoms with Gasteiger partial charge in [0.2, 0.25) is 5.91 Å². The lowest BCUT2D eigenvalue weighted by atomic mass is 9.94. The molecule has 1 aromatic carbocycles. The third kappa shape index (κ3) is 3.36. The van der Waals surface area contributed by atoms with Crippen molar-refractivity contribution >= 4 is 17.5 Å². The van der Waals surface area contributed by atoms with Crippen molar-refractivity contribution in [2.24, 2.45) is 5.41 Å². The second-order valence-electron chi connectivity index (χ2n) is 5.93. The van der Waals surface area contributed by atoms with Crippen LogP contribution in [0.5, 0.6) is 0 Å². The Morgan fingerprint density at radius 1 is 1.40 bits per heavy atom. The first-order valence-electron chi connectivity index (χ1n) is 6.73. The Labute approximate surface area is 118 Å². The molecule has 1 aliphatic heterocycles. The zero-order valence-electron chi connectivity index (χ0n) is 11.8. The lowest BCUT2D eigenvalue weighted by molar-refractivity contribution is -0.116. The molecule has 20 heavy (non-hydrogen) atoms. The molecule has 1 aromatic rings. The summed E-state index contributed by atoms with van der Waals surface area (Å²) >= 11 is 0. The molecule has 0 atom stereocenters. The van der Waals surface area contributed by atoms with E-state index < -0.39 is 0 Å². The van der Waals surface area contributed by atoms with Gasteiger partial charge in [0, 0.05) is 36.2 Å². The summed E-state index contributed by atoms with van der Waals surface area (Å²) in [6, 6.07) is 5.28. The van der Waals surface area contributed by atoms with Gasteiger partial charge in [0.25, 0.3) is 5.91 Å². The highest BCUT2D eigenvalue weighted by Gasteiger charge is 2.19. The monoisotopic (exact) mass is 276 g/mol. The quantitative estimate of drug-likeness (QED) is 0.776. The van der Waals surface area contributed by atoms with Crippen LogP contribution in [0.25, 0.3) is 0 Å². The fourth-order valence-corrected chi connectivity index (χ4v) is 2.00. The van der Waals surface area contributed by atoms with Gasteiger partial charge in [-0.3, -0.25) is 9.59 Å². The van der Waals surface area contributed by atoms with Gasteiger partial charge in [-0.25, -0.2) is 0 Å². The van der Waals surface area contributed by atoms with Crippen LogP contribution in [-0.2, 0) is 11.2 Å². The Balaban J connectivity index is 2.06. The van der Waals surface area contributed by atoms with E-state index in [0.29, 0.717) is 24.9 Å². The van der Waals surface area contributed by atoms with Crippen LogP contribution < -0.4 is 10.6 Å². The lowest BCUT2D eigenvalue weighted by Crippen LogP contribution is -2.36. The van der Waals surface area contributed by atoms with E-state index in [1.54, 1.807) is 12.1 Å². The number of anilines is 1. The minimum atomic E-state index is -0.335. The van der Waals surface area contributed by atoms with E-state index in [4.69, 9.17) is 5.11 Å².